The standard InChI is InChI=1S/C15H15N3O4/c1-21-13-7-12(17-10-18-13)15(20)16-8-14(19)22-9-11-5-3-2-4-6-11/h2-7,10H,8-9H2,1H3,(H,16,20). The van der Waals surface area contributed by atoms with E-state index in [1.807, 2.05) is 30.3 Å². The minimum absolute atomic E-state index is 0.114. The van der Waals surface area contributed by atoms with Crippen molar-refractivity contribution in [3.63, 3.8) is 0 Å². The van der Waals surface area contributed by atoms with E-state index in [1.165, 1.54) is 19.5 Å². The van der Waals surface area contributed by atoms with Gasteiger partial charge >= 0.3 is 5.97 Å². The third kappa shape index (κ3) is 4.55. The first-order chi connectivity index (χ1) is 10.7. The second-order valence-electron chi connectivity index (χ2n) is 4.27. The van der Waals surface area contributed by atoms with E-state index in [4.69, 9.17) is 9.47 Å². The Hall–Kier alpha value is -2.96. The summed E-state index contributed by atoms with van der Waals surface area (Å²) in [5.41, 5.74) is 0.991. The molecule has 0 spiro atoms. The fourth-order valence-corrected chi connectivity index (χ4v) is 1.61. The van der Waals surface area contributed by atoms with Gasteiger partial charge in [-0.15, -0.1) is 0 Å². The zero-order valence-corrected chi connectivity index (χ0v) is 12.0. The number of benzene rings is 1. The van der Waals surface area contributed by atoms with Crippen LogP contribution in [0.25, 0.3) is 0 Å². The molecule has 1 N–H and O–H groups in total. The summed E-state index contributed by atoms with van der Waals surface area (Å²) in [5.74, 6) is -0.762. The van der Waals surface area contributed by atoms with Crippen LogP contribution in [0.15, 0.2) is 42.7 Å². The third-order valence-corrected chi connectivity index (χ3v) is 2.72. The highest BCUT2D eigenvalue weighted by atomic mass is 16.5. The molecule has 1 aromatic carbocycles. The van der Waals surface area contributed by atoms with Crippen LogP contribution in [0.4, 0.5) is 0 Å². The molecule has 1 aromatic heterocycles. The average Bonchev–Trinajstić information content (AvgIpc) is 2.58. The van der Waals surface area contributed by atoms with Crippen molar-refractivity contribution in [1.82, 2.24) is 15.3 Å². The molecule has 1 heterocycles. The van der Waals surface area contributed by atoms with E-state index < -0.39 is 11.9 Å². The minimum atomic E-state index is -0.529. The first kappa shape index (κ1) is 15.4. The van der Waals surface area contributed by atoms with E-state index in [0.717, 1.165) is 5.56 Å². The Kier molecular flexibility index (Phi) is 5.42. The van der Waals surface area contributed by atoms with E-state index in [1.54, 1.807) is 0 Å². The molecule has 2 aromatic rings. The van der Waals surface area contributed by atoms with Crippen molar-refractivity contribution in [2.75, 3.05) is 13.7 Å². The number of nitrogens with one attached hydrogen (secondary N) is 1. The molecule has 0 bridgehead atoms. The van der Waals surface area contributed by atoms with Gasteiger partial charge in [0.15, 0.2) is 0 Å². The summed E-state index contributed by atoms with van der Waals surface area (Å²) in [5, 5.41) is 2.43. The minimum Gasteiger partial charge on any atom is -0.481 e. The van der Waals surface area contributed by atoms with Crippen LogP contribution in [0.3, 0.4) is 0 Å². The van der Waals surface area contributed by atoms with E-state index in [2.05, 4.69) is 15.3 Å². The highest BCUT2D eigenvalue weighted by Gasteiger charge is 2.11. The molecule has 0 atom stereocenters. The second kappa shape index (κ2) is 7.72. The molecule has 114 valence electrons. The fraction of sp³-hybridized carbons (Fsp3) is 0.200. The number of ether oxygens (including phenoxy) is 2. The number of rotatable bonds is 6. The normalized spacial score (nSPS) is 9.86. The number of carbonyl (C=O) groups is 2. The molecule has 0 aliphatic heterocycles. The van der Waals surface area contributed by atoms with Crippen LogP contribution in [-0.2, 0) is 16.1 Å². The Bertz CT molecular complexity index is 646. The number of nitrogens with zero attached hydrogens (tertiary/aromatic N) is 2. The topological polar surface area (TPSA) is 90.4 Å². The van der Waals surface area contributed by atoms with Crippen molar-refractivity contribution in [2.24, 2.45) is 0 Å². The molecular weight excluding hydrogens is 286 g/mol. The third-order valence-electron chi connectivity index (χ3n) is 2.72. The van der Waals surface area contributed by atoms with Gasteiger partial charge in [0.05, 0.1) is 7.11 Å². The maximum atomic E-state index is 11.8. The highest BCUT2D eigenvalue weighted by molar-refractivity contribution is 5.94. The van der Waals surface area contributed by atoms with Crippen molar-refractivity contribution < 1.29 is 19.1 Å². The molecular formula is C15H15N3O4. The number of carbonyl (C=O) groups excluding carboxylic acids is 2. The summed E-state index contributed by atoms with van der Waals surface area (Å²) in [6.45, 7) is -0.0745. The summed E-state index contributed by atoms with van der Waals surface area (Å²) in [7, 11) is 1.44. The fourth-order valence-electron chi connectivity index (χ4n) is 1.61. The molecule has 0 aliphatic rings. The van der Waals surface area contributed by atoms with Gasteiger partial charge < -0.3 is 14.8 Å². The number of aromatic nitrogens is 2. The Balaban J connectivity index is 1.79. The van der Waals surface area contributed by atoms with Crippen molar-refractivity contribution in [1.29, 1.82) is 0 Å². The van der Waals surface area contributed by atoms with Gasteiger partial charge in [-0.2, -0.15) is 0 Å². The molecule has 7 heteroatoms. The molecule has 0 saturated carbocycles. The van der Waals surface area contributed by atoms with Crippen LogP contribution in [0.5, 0.6) is 5.88 Å². The van der Waals surface area contributed by atoms with Crippen LogP contribution in [-0.4, -0.2) is 35.5 Å². The molecule has 0 radical (unpaired) electrons. The lowest BCUT2D eigenvalue weighted by molar-refractivity contribution is -0.143. The molecule has 0 fully saturated rings. The monoisotopic (exact) mass is 301 g/mol. The number of methoxy groups -OCH3 is 1. The number of esters is 1. The van der Waals surface area contributed by atoms with Gasteiger partial charge in [0, 0.05) is 6.07 Å². The summed E-state index contributed by atoms with van der Waals surface area (Å²) in [6.07, 6.45) is 1.21. The van der Waals surface area contributed by atoms with Gasteiger partial charge in [0.1, 0.15) is 25.2 Å². The van der Waals surface area contributed by atoms with Crippen LogP contribution in [0.2, 0.25) is 0 Å². The molecule has 0 unspecified atom stereocenters. The summed E-state index contributed by atoms with van der Waals surface area (Å²) in [6, 6.07) is 10.7. The van der Waals surface area contributed by atoms with Crippen LogP contribution >= 0.6 is 0 Å². The zero-order valence-electron chi connectivity index (χ0n) is 12.0. The predicted molar refractivity (Wildman–Crippen MR) is 77.2 cm³/mol. The summed E-state index contributed by atoms with van der Waals surface area (Å²) < 4.78 is 9.94. The zero-order chi connectivity index (χ0) is 15.8. The van der Waals surface area contributed by atoms with Gasteiger partial charge in [0.2, 0.25) is 5.88 Å². The lowest BCUT2D eigenvalue weighted by Crippen LogP contribution is -2.31. The van der Waals surface area contributed by atoms with E-state index in [9.17, 15) is 9.59 Å². The van der Waals surface area contributed by atoms with Crippen LogP contribution in [0, 0.1) is 0 Å². The van der Waals surface area contributed by atoms with Crippen molar-refractivity contribution in [3.05, 3.63) is 54.0 Å². The van der Waals surface area contributed by atoms with Gasteiger partial charge in [-0.3, -0.25) is 9.59 Å². The molecule has 7 nitrogen and oxygen atoms in total. The Labute approximate surface area is 127 Å². The summed E-state index contributed by atoms with van der Waals surface area (Å²) >= 11 is 0. The van der Waals surface area contributed by atoms with Gasteiger partial charge in [-0.1, -0.05) is 30.3 Å². The Morgan fingerprint density at radius 1 is 1.18 bits per heavy atom. The predicted octanol–water partition coefficient (Wildman–Crippen LogP) is 0.958. The first-order valence-corrected chi connectivity index (χ1v) is 6.53. The van der Waals surface area contributed by atoms with Crippen molar-refractivity contribution in [2.45, 2.75) is 6.61 Å². The molecule has 0 aliphatic carbocycles. The van der Waals surface area contributed by atoms with Crippen molar-refractivity contribution in [3.8, 4) is 5.88 Å². The highest BCUT2D eigenvalue weighted by Crippen LogP contribution is 2.05. The summed E-state index contributed by atoms with van der Waals surface area (Å²) in [4.78, 5) is 31.0. The lowest BCUT2D eigenvalue weighted by atomic mass is 10.2. The molecule has 0 saturated heterocycles. The first-order valence-electron chi connectivity index (χ1n) is 6.53. The SMILES string of the molecule is COc1cc(C(=O)NCC(=O)OCc2ccccc2)ncn1. The van der Waals surface area contributed by atoms with E-state index in [0.29, 0.717) is 0 Å². The van der Waals surface area contributed by atoms with Gasteiger partial charge in [0.25, 0.3) is 5.91 Å². The number of amides is 1. The Morgan fingerprint density at radius 2 is 1.95 bits per heavy atom. The largest absolute Gasteiger partial charge is 0.481 e. The molecule has 2 rings (SSSR count). The number of hydrogen-bond acceptors (Lipinski definition) is 6. The second-order valence-corrected chi connectivity index (χ2v) is 4.27. The maximum Gasteiger partial charge on any atom is 0.325 e. The van der Waals surface area contributed by atoms with E-state index >= 15 is 0 Å². The molecule has 1 amide bonds. The van der Waals surface area contributed by atoms with Crippen molar-refractivity contribution >= 4 is 11.9 Å². The van der Waals surface area contributed by atoms with Gasteiger partial charge in [-0.05, 0) is 5.56 Å². The Morgan fingerprint density at radius 3 is 2.68 bits per heavy atom. The smallest absolute Gasteiger partial charge is 0.325 e. The van der Waals surface area contributed by atoms with Crippen LogP contribution in [0.1, 0.15) is 16.1 Å². The molecule has 22 heavy (non-hydrogen) atoms. The van der Waals surface area contributed by atoms with E-state index in [-0.39, 0.29) is 24.7 Å². The number of hydrogen-bond donors (Lipinski definition) is 1. The van der Waals surface area contributed by atoms with Gasteiger partial charge in [-0.25, -0.2) is 9.97 Å². The lowest BCUT2D eigenvalue weighted by Gasteiger charge is -2.06. The van der Waals surface area contributed by atoms with Crippen LogP contribution < -0.4 is 10.1 Å². The average molecular weight is 301 g/mol. The quantitative estimate of drug-likeness (QED) is 0.799. The maximum absolute atomic E-state index is 11.8.